The molecule has 0 spiro atoms. The van der Waals surface area contributed by atoms with E-state index in [1.165, 1.54) is 0 Å². The molecule has 0 bridgehead atoms. The lowest BCUT2D eigenvalue weighted by molar-refractivity contribution is 0.190. The van der Waals surface area contributed by atoms with Crippen LogP contribution in [0.5, 0.6) is 5.75 Å². The highest BCUT2D eigenvalue weighted by Gasteiger charge is 2.28. The van der Waals surface area contributed by atoms with Crippen molar-refractivity contribution in [3.05, 3.63) is 48.6 Å². The Morgan fingerprint density at radius 3 is 2.81 bits per heavy atom. The van der Waals surface area contributed by atoms with Crippen molar-refractivity contribution < 1.29 is 18.4 Å². The van der Waals surface area contributed by atoms with Crippen molar-refractivity contribution in [2.45, 2.75) is 18.8 Å². The van der Waals surface area contributed by atoms with Crippen molar-refractivity contribution in [2.75, 3.05) is 25.5 Å². The number of methoxy groups -OCH3 is 1. The van der Waals surface area contributed by atoms with Gasteiger partial charge in [0.15, 0.2) is 5.76 Å². The fraction of sp³-hybridized carbons (Fsp3) is 0.316. The monoisotopic (exact) mass is 368 g/mol. The fourth-order valence-corrected chi connectivity index (χ4v) is 3.13. The summed E-state index contributed by atoms with van der Waals surface area (Å²) in [6.07, 6.45) is 3.11. The van der Waals surface area contributed by atoms with E-state index in [1.54, 1.807) is 36.5 Å². The van der Waals surface area contributed by atoms with Gasteiger partial charge < -0.3 is 23.8 Å². The molecule has 1 aliphatic heterocycles. The van der Waals surface area contributed by atoms with E-state index in [-0.39, 0.29) is 11.9 Å². The molecule has 2 amide bonds. The average Bonchev–Trinajstić information content (AvgIpc) is 3.40. The molecular weight excluding hydrogens is 348 g/mol. The summed E-state index contributed by atoms with van der Waals surface area (Å²) in [5.41, 5.74) is 0.710. The topological polar surface area (TPSA) is 93.6 Å². The highest BCUT2D eigenvalue weighted by Crippen LogP contribution is 2.29. The predicted molar refractivity (Wildman–Crippen MR) is 97.6 cm³/mol. The van der Waals surface area contributed by atoms with Crippen LogP contribution in [0.4, 0.5) is 10.5 Å². The average molecular weight is 368 g/mol. The number of furan rings is 1. The molecule has 27 heavy (non-hydrogen) atoms. The van der Waals surface area contributed by atoms with Crippen molar-refractivity contribution in [3.8, 4) is 17.4 Å². The van der Waals surface area contributed by atoms with Crippen LogP contribution in [0.3, 0.4) is 0 Å². The van der Waals surface area contributed by atoms with E-state index in [0.29, 0.717) is 42.1 Å². The van der Waals surface area contributed by atoms with Gasteiger partial charge >= 0.3 is 6.03 Å². The second-order valence-corrected chi connectivity index (χ2v) is 6.35. The Bertz CT molecular complexity index is 898. The molecule has 4 rings (SSSR count). The maximum Gasteiger partial charge on any atom is 0.321 e. The van der Waals surface area contributed by atoms with E-state index in [2.05, 4.69) is 15.5 Å². The number of rotatable bonds is 4. The van der Waals surface area contributed by atoms with Gasteiger partial charge in [0, 0.05) is 30.8 Å². The Hall–Kier alpha value is -3.29. The van der Waals surface area contributed by atoms with Gasteiger partial charge in [-0.2, -0.15) is 0 Å². The summed E-state index contributed by atoms with van der Waals surface area (Å²) in [7, 11) is 1.60. The van der Waals surface area contributed by atoms with Crippen LogP contribution in [0.25, 0.3) is 11.7 Å². The predicted octanol–water partition coefficient (Wildman–Crippen LogP) is 3.75. The van der Waals surface area contributed by atoms with Crippen LogP contribution in [-0.2, 0) is 0 Å². The number of ether oxygens (including phenoxy) is 1. The number of nitrogens with zero attached hydrogens (tertiary/aromatic N) is 3. The minimum atomic E-state index is -0.122. The standard InChI is InChI=1S/C19H20N4O4/c1-25-15-5-2-4-14(12-15)20-19(24)23-9-7-13(8-10-23)17-21-22-18(27-17)16-6-3-11-26-16/h2-6,11-13H,7-10H2,1H3,(H,20,24). The number of nitrogens with one attached hydrogen (secondary N) is 1. The van der Waals surface area contributed by atoms with Gasteiger partial charge in [-0.15, -0.1) is 10.2 Å². The molecule has 1 aromatic carbocycles. The molecule has 0 atom stereocenters. The zero-order valence-electron chi connectivity index (χ0n) is 14.9. The van der Waals surface area contributed by atoms with Gasteiger partial charge in [0.2, 0.25) is 5.89 Å². The van der Waals surface area contributed by atoms with E-state index in [0.717, 1.165) is 12.8 Å². The van der Waals surface area contributed by atoms with Gasteiger partial charge in [0.05, 0.1) is 13.4 Å². The third-order valence-electron chi connectivity index (χ3n) is 4.63. The lowest BCUT2D eigenvalue weighted by Crippen LogP contribution is -2.40. The lowest BCUT2D eigenvalue weighted by atomic mass is 9.97. The van der Waals surface area contributed by atoms with E-state index in [4.69, 9.17) is 13.6 Å². The van der Waals surface area contributed by atoms with Crippen LogP contribution in [0.1, 0.15) is 24.7 Å². The van der Waals surface area contributed by atoms with Crippen LogP contribution >= 0.6 is 0 Å². The van der Waals surface area contributed by atoms with Crippen LogP contribution in [0, 0.1) is 0 Å². The SMILES string of the molecule is COc1cccc(NC(=O)N2CCC(c3nnc(-c4ccco4)o3)CC2)c1. The Balaban J connectivity index is 1.34. The molecule has 140 valence electrons. The van der Waals surface area contributed by atoms with E-state index < -0.39 is 0 Å². The molecule has 0 aliphatic carbocycles. The summed E-state index contributed by atoms with van der Waals surface area (Å²) in [5.74, 6) is 2.38. The molecule has 1 aliphatic rings. The van der Waals surface area contributed by atoms with Crippen LogP contribution in [0.15, 0.2) is 51.5 Å². The Morgan fingerprint density at radius 1 is 1.22 bits per heavy atom. The van der Waals surface area contributed by atoms with Crippen molar-refractivity contribution in [2.24, 2.45) is 0 Å². The molecule has 0 radical (unpaired) electrons. The first-order chi connectivity index (χ1) is 13.2. The van der Waals surface area contributed by atoms with E-state index in [1.807, 2.05) is 18.2 Å². The number of aromatic nitrogens is 2. The first-order valence-corrected chi connectivity index (χ1v) is 8.80. The maximum atomic E-state index is 12.5. The van der Waals surface area contributed by atoms with Crippen LogP contribution < -0.4 is 10.1 Å². The quantitative estimate of drug-likeness (QED) is 0.754. The molecule has 2 aromatic heterocycles. The third kappa shape index (κ3) is 3.79. The maximum absolute atomic E-state index is 12.5. The largest absolute Gasteiger partial charge is 0.497 e. The molecule has 8 heteroatoms. The second-order valence-electron chi connectivity index (χ2n) is 6.35. The molecule has 0 saturated carbocycles. The highest BCUT2D eigenvalue weighted by atomic mass is 16.5. The molecular formula is C19H20N4O4. The van der Waals surface area contributed by atoms with Crippen molar-refractivity contribution in [3.63, 3.8) is 0 Å². The summed E-state index contributed by atoms with van der Waals surface area (Å²) in [5, 5.41) is 11.1. The molecule has 3 aromatic rings. The highest BCUT2D eigenvalue weighted by molar-refractivity contribution is 5.89. The van der Waals surface area contributed by atoms with Gasteiger partial charge in [-0.25, -0.2) is 4.79 Å². The van der Waals surface area contributed by atoms with Gasteiger partial charge in [-0.1, -0.05) is 6.07 Å². The van der Waals surface area contributed by atoms with Crippen molar-refractivity contribution in [1.82, 2.24) is 15.1 Å². The number of carbonyl (C=O) groups excluding carboxylic acids is 1. The number of piperidine rings is 1. The normalized spacial score (nSPS) is 14.9. The Labute approximate surface area is 156 Å². The van der Waals surface area contributed by atoms with E-state index >= 15 is 0 Å². The summed E-state index contributed by atoms with van der Waals surface area (Å²) >= 11 is 0. The third-order valence-corrected chi connectivity index (χ3v) is 4.63. The molecule has 0 unspecified atom stereocenters. The molecule has 1 fully saturated rings. The van der Waals surface area contributed by atoms with Crippen LogP contribution in [-0.4, -0.2) is 41.3 Å². The number of carbonyl (C=O) groups is 1. The Kier molecular flexibility index (Phi) is 4.78. The molecule has 3 heterocycles. The lowest BCUT2D eigenvalue weighted by Gasteiger charge is -2.30. The Morgan fingerprint density at radius 2 is 2.07 bits per heavy atom. The number of benzene rings is 1. The fourth-order valence-electron chi connectivity index (χ4n) is 3.13. The second kappa shape index (κ2) is 7.53. The van der Waals surface area contributed by atoms with Gasteiger partial charge in [0.25, 0.3) is 5.89 Å². The van der Waals surface area contributed by atoms with Crippen LogP contribution in [0.2, 0.25) is 0 Å². The minimum Gasteiger partial charge on any atom is -0.497 e. The summed E-state index contributed by atoms with van der Waals surface area (Å²) in [6.45, 7) is 1.25. The molecule has 8 nitrogen and oxygen atoms in total. The smallest absolute Gasteiger partial charge is 0.321 e. The number of urea groups is 1. The minimum absolute atomic E-state index is 0.122. The summed E-state index contributed by atoms with van der Waals surface area (Å²) < 4.78 is 16.2. The van der Waals surface area contributed by atoms with Crippen molar-refractivity contribution >= 4 is 11.7 Å². The number of amides is 2. The zero-order chi connectivity index (χ0) is 18.6. The summed E-state index contributed by atoms with van der Waals surface area (Å²) in [6, 6.07) is 10.7. The first-order valence-electron chi connectivity index (χ1n) is 8.80. The number of hydrogen-bond donors (Lipinski definition) is 1. The molecule has 1 N–H and O–H groups in total. The van der Waals surface area contributed by atoms with Gasteiger partial charge in [-0.05, 0) is 37.1 Å². The number of likely N-dealkylation sites (tertiary alicyclic amines) is 1. The van der Waals surface area contributed by atoms with Gasteiger partial charge in [-0.3, -0.25) is 0 Å². The van der Waals surface area contributed by atoms with E-state index in [9.17, 15) is 4.79 Å². The van der Waals surface area contributed by atoms with Gasteiger partial charge in [0.1, 0.15) is 5.75 Å². The zero-order valence-corrected chi connectivity index (χ0v) is 14.9. The van der Waals surface area contributed by atoms with Crippen molar-refractivity contribution in [1.29, 1.82) is 0 Å². The number of hydrogen-bond acceptors (Lipinski definition) is 6. The number of anilines is 1. The summed E-state index contributed by atoms with van der Waals surface area (Å²) in [4.78, 5) is 14.3. The first kappa shape index (κ1) is 17.1. The molecule has 1 saturated heterocycles.